The number of nitrogens with zero attached hydrogens (tertiary/aromatic N) is 5. The standard InChI is InChI=1S/C23H27ClN4O3.C20H21ClN4O3/c1-14(2)27-3-5-28(6-4-27)19-10-16(9-18(24)11-19)22-25-20-8-15(12-29)7-17(13-30)21(20)23(31)26-22;21-15-7-13(8-16(9-15)25-3-1-22-2-4-25)19-23-17-6-12(10-26)5-14(11-27)18(17)20(28)24-19/h7-11,14,29-30H,3-6,12-13H2,1-2H3,(H,25,26,31);5-9,22,26-27H,1-4,10-11H2,(H,23,24,28). The summed E-state index contributed by atoms with van der Waals surface area (Å²) in [6.45, 7) is 10.7. The number of H-pyrrole nitrogens is 2. The Bertz CT molecular complexity index is 2590. The molecule has 310 valence electrons. The number of aromatic nitrogens is 4. The third-order valence-electron chi connectivity index (χ3n) is 10.8. The number of anilines is 2. The summed E-state index contributed by atoms with van der Waals surface area (Å²) in [7, 11) is 0. The molecule has 0 radical (unpaired) electrons. The maximum Gasteiger partial charge on any atom is 0.259 e. The molecule has 14 nitrogen and oxygen atoms in total. The smallest absolute Gasteiger partial charge is 0.259 e. The summed E-state index contributed by atoms with van der Waals surface area (Å²) in [4.78, 5) is 47.3. The van der Waals surface area contributed by atoms with Gasteiger partial charge >= 0.3 is 0 Å². The van der Waals surface area contributed by atoms with Crippen LogP contribution in [0.4, 0.5) is 11.4 Å². The van der Waals surface area contributed by atoms with Gasteiger partial charge in [-0.05, 0) is 84.6 Å². The van der Waals surface area contributed by atoms with Crippen molar-refractivity contribution in [1.29, 1.82) is 0 Å². The normalized spacial score (nSPS) is 14.9. The van der Waals surface area contributed by atoms with Crippen molar-refractivity contribution in [1.82, 2.24) is 30.2 Å². The van der Waals surface area contributed by atoms with E-state index in [1.165, 1.54) is 0 Å². The van der Waals surface area contributed by atoms with Crippen LogP contribution in [0, 0.1) is 0 Å². The van der Waals surface area contributed by atoms with E-state index in [2.05, 4.69) is 53.8 Å². The van der Waals surface area contributed by atoms with E-state index in [0.29, 0.717) is 82.9 Å². The number of rotatable bonds is 9. The number of benzene rings is 4. The Labute approximate surface area is 350 Å². The van der Waals surface area contributed by atoms with E-state index in [4.69, 9.17) is 23.2 Å². The lowest BCUT2D eigenvalue weighted by atomic mass is 10.1. The molecule has 2 aliphatic rings. The first-order chi connectivity index (χ1) is 28.5. The Morgan fingerprint density at radius 3 is 1.44 bits per heavy atom. The molecule has 7 N–H and O–H groups in total. The summed E-state index contributed by atoms with van der Waals surface area (Å²) in [5.74, 6) is 0.802. The number of hydrogen-bond donors (Lipinski definition) is 7. The van der Waals surface area contributed by atoms with Crippen LogP contribution < -0.4 is 26.2 Å². The first-order valence-corrected chi connectivity index (χ1v) is 20.4. The molecule has 2 aliphatic heterocycles. The van der Waals surface area contributed by atoms with Crippen LogP contribution in [0.15, 0.2) is 70.3 Å². The van der Waals surface area contributed by atoms with Gasteiger partial charge in [0.15, 0.2) is 0 Å². The molecule has 16 heteroatoms. The summed E-state index contributed by atoms with van der Waals surface area (Å²) < 4.78 is 0. The molecule has 0 atom stereocenters. The second kappa shape index (κ2) is 18.6. The van der Waals surface area contributed by atoms with Gasteiger partial charge in [0.05, 0.1) is 48.2 Å². The molecular weight excluding hydrogens is 795 g/mol. The van der Waals surface area contributed by atoms with Gasteiger partial charge < -0.3 is 45.5 Å². The van der Waals surface area contributed by atoms with Gasteiger partial charge in [0.25, 0.3) is 11.1 Å². The lowest BCUT2D eigenvalue weighted by Crippen LogP contribution is -2.48. The van der Waals surface area contributed by atoms with Crippen molar-refractivity contribution in [3.63, 3.8) is 0 Å². The van der Waals surface area contributed by atoms with Crippen molar-refractivity contribution in [3.8, 4) is 22.8 Å². The van der Waals surface area contributed by atoms with E-state index in [1.807, 2.05) is 24.3 Å². The first kappa shape index (κ1) is 42.2. The van der Waals surface area contributed by atoms with Crippen LogP contribution in [0.5, 0.6) is 0 Å². The average Bonchev–Trinajstić information content (AvgIpc) is 3.25. The third-order valence-corrected chi connectivity index (χ3v) is 11.2. The summed E-state index contributed by atoms with van der Waals surface area (Å²) in [5, 5.41) is 43.3. The van der Waals surface area contributed by atoms with Crippen molar-refractivity contribution in [3.05, 3.63) is 114 Å². The molecule has 6 aromatic rings. The number of fused-ring (bicyclic) bond motifs is 2. The zero-order valence-electron chi connectivity index (χ0n) is 32.9. The molecular formula is C43H48Cl2N8O6. The second-order valence-corrected chi connectivity index (χ2v) is 15.9. The molecule has 4 aromatic carbocycles. The minimum atomic E-state index is -0.336. The molecule has 0 amide bonds. The first-order valence-electron chi connectivity index (χ1n) is 19.6. The summed E-state index contributed by atoms with van der Waals surface area (Å²) in [6.07, 6.45) is 0. The molecule has 2 fully saturated rings. The van der Waals surface area contributed by atoms with Crippen LogP contribution in [0.1, 0.15) is 36.1 Å². The maximum absolute atomic E-state index is 12.8. The monoisotopic (exact) mass is 842 g/mol. The molecule has 59 heavy (non-hydrogen) atoms. The predicted molar refractivity (Wildman–Crippen MR) is 233 cm³/mol. The molecule has 0 spiro atoms. The van der Waals surface area contributed by atoms with Crippen LogP contribution in [-0.4, -0.2) is 104 Å². The SMILES string of the molecule is CC(C)N1CCN(c2cc(Cl)cc(-c3nc4cc(CO)cc(CO)c4c(=O)[nH]3)c2)CC1.O=c1[nH]c(-c2cc(Cl)cc(N3CCNCC3)c2)nc2cc(CO)cc(CO)c12. The molecule has 2 saturated heterocycles. The van der Waals surface area contributed by atoms with Crippen LogP contribution in [0.2, 0.25) is 10.0 Å². The number of aromatic amines is 2. The topological polar surface area (TPSA) is 194 Å². The lowest BCUT2D eigenvalue weighted by molar-refractivity contribution is 0.209. The largest absolute Gasteiger partial charge is 0.392 e. The van der Waals surface area contributed by atoms with Gasteiger partial charge in [-0.2, -0.15) is 0 Å². The minimum Gasteiger partial charge on any atom is -0.392 e. The highest BCUT2D eigenvalue weighted by molar-refractivity contribution is 6.31. The molecule has 0 bridgehead atoms. The fraction of sp³-hybridized carbons (Fsp3) is 0.349. The van der Waals surface area contributed by atoms with Gasteiger partial charge in [0, 0.05) is 90.9 Å². The van der Waals surface area contributed by atoms with Gasteiger partial charge in [-0.1, -0.05) is 35.3 Å². The molecule has 0 unspecified atom stereocenters. The number of nitrogens with one attached hydrogen (secondary N) is 3. The number of hydrogen-bond acceptors (Lipinski definition) is 12. The van der Waals surface area contributed by atoms with Crippen LogP contribution in [0.25, 0.3) is 44.6 Å². The quantitative estimate of drug-likeness (QED) is 0.109. The number of halogens is 2. The van der Waals surface area contributed by atoms with Crippen molar-refractivity contribution in [2.75, 3.05) is 62.2 Å². The molecule has 8 rings (SSSR count). The van der Waals surface area contributed by atoms with E-state index >= 15 is 0 Å². The average molecular weight is 844 g/mol. The van der Waals surface area contributed by atoms with Crippen LogP contribution >= 0.6 is 23.2 Å². The summed E-state index contributed by atoms with van der Waals surface area (Å²) in [6, 6.07) is 18.4. The third kappa shape index (κ3) is 9.45. The Hall–Kier alpha value is -4.90. The van der Waals surface area contributed by atoms with E-state index in [-0.39, 0.29) is 37.5 Å². The Balaban J connectivity index is 0.000000180. The zero-order valence-corrected chi connectivity index (χ0v) is 34.4. The van der Waals surface area contributed by atoms with E-state index in [9.17, 15) is 30.0 Å². The Kier molecular flexibility index (Phi) is 13.3. The van der Waals surface area contributed by atoms with Crippen molar-refractivity contribution < 1.29 is 20.4 Å². The summed E-state index contributed by atoms with van der Waals surface area (Å²) in [5.41, 5.74) is 5.65. The highest BCUT2D eigenvalue weighted by Gasteiger charge is 2.21. The second-order valence-electron chi connectivity index (χ2n) is 15.0. The minimum absolute atomic E-state index is 0.197. The summed E-state index contributed by atoms with van der Waals surface area (Å²) >= 11 is 12.8. The van der Waals surface area contributed by atoms with Gasteiger partial charge in [0.1, 0.15) is 11.6 Å². The number of aliphatic hydroxyl groups is 4. The van der Waals surface area contributed by atoms with Crippen molar-refractivity contribution in [2.45, 2.75) is 46.3 Å². The van der Waals surface area contributed by atoms with Gasteiger partial charge in [-0.3, -0.25) is 14.5 Å². The Morgan fingerprint density at radius 2 is 1.03 bits per heavy atom. The lowest BCUT2D eigenvalue weighted by Gasteiger charge is -2.38. The van der Waals surface area contributed by atoms with Gasteiger partial charge in [-0.15, -0.1) is 0 Å². The van der Waals surface area contributed by atoms with Gasteiger partial charge in [0.2, 0.25) is 0 Å². The van der Waals surface area contributed by atoms with Gasteiger partial charge in [-0.25, -0.2) is 9.97 Å². The Morgan fingerprint density at radius 1 is 0.593 bits per heavy atom. The van der Waals surface area contributed by atoms with Crippen LogP contribution in [-0.2, 0) is 26.4 Å². The van der Waals surface area contributed by atoms with Crippen molar-refractivity contribution >= 4 is 56.4 Å². The molecule has 4 heterocycles. The van der Waals surface area contributed by atoms with E-state index in [0.717, 1.165) is 63.7 Å². The van der Waals surface area contributed by atoms with Crippen LogP contribution in [0.3, 0.4) is 0 Å². The highest BCUT2D eigenvalue weighted by atomic mass is 35.5. The fourth-order valence-corrected chi connectivity index (χ4v) is 8.21. The zero-order chi connectivity index (χ0) is 41.8. The molecule has 2 aromatic heterocycles. The number of aliphatic hydroxyl groups excluding tert-OH is 4. The fourth-order valence-electron chi connectivity index (χ4n) is 7.75. The molecule has 0 saturated carbocycles. The van der Waals surface area contributed by atoms with E-state index < -0.39 is 0 Å². The highest BCUT2D eigenvalue weighted by Crippen LogP contribution is 2.31. The predicted octanol–water partition coefficient (Wildman–Crippen LogP) is 4.40. The van der Waals surface area contributed by atoms with E-state index in [1.54, 1.807) is 36.4 Å². The number of piperazine rings is 2. The molecule has 0 aliphatic carbocycles. The van der Waals surface area contributed by atoms with Crippen molar-refractivity contribution in [2.24, 2.45) is 0 Å². The maximum atomic E-state index is 12.8.